The number of aliphatic carboxylic acids is 1. The molecule has 0 bridgehead atoms. The Morgan fingerprint density at radius 1 is 1.23 bits per heavy atom. The number of nitrogens with one attached hydrogen (secondary N) is 2. The maximum Gasteiger partial charge on any atom is 0.344 e. The first-order valence-corrected chi connectivity index (χ1v) is 13.0. The molecule has 12 heteroatoms. The van der Waals surface area contributed by atoms with E-state index in [4.69, 9.17) is 16.3 Å². The Kier molecular flexibility index (Phi) is 8.49. The zero-order chi connectivity index (χ0) is 25.6. The molecule has 3 N–H and O–H groups in total. The lowest BCUT2D eigenvalue weighted by molar-refractivity contribution is -0.145. The van der Waals surface area contributed by atoms with Crippen molar-refractivity contribution in [1.29, 1.82) is 0 Å². The summed E-state index contributed by atoms with van der Waals surface area (Å²) in [7, 11) is -3.94. The summed E-state index contributed by atoms with van der Waals surface area (Å²) in [5.74, 6) is -1.52. The number of carboxylic acids is 1. The quantitative estimate of drug-likeness (QED) is 0.258. The molecule has 1 aromatic heterocycles. The number of hydrazone groups is 1. The van der Waals surface area contributed by atoms with Crippen molar-refractivity contribution >= 4 is 56.7 Å². The predicted molar refractivity (Wildman–Crippen MR) is 135 cm³/mol. The van der Waals surface area contributed by atoms with Gasteiger partial charge < -0.3 is 9.84 Å². The van der Waals surface area contributed by atoms with E-state index in [0.29, 0.717) is 5.56 Å². The Morgan fingerprint density at radius 2 is 2.00 bits per heavy atom. The lowest BCUT2D eigenvalue weighted by Gasteiger charge is -2.15. The third kappa shape index (κ3) is 6.59. The second-order valence-electron chi connectivity index (χ2n) is 7.29. The van der Waals surface area contributed by atoms with E-state index in [1.165, 1.54) is 30.5 Å². The maximum absolute atomic E-state index is 12.8. The number of thiophene rings is 1. The van der Waals surface area contributed by atoms with E-state index < -0.39 is 28.0 Å². The molecule has 0 saturated heterocycles. The Labute approximate surface area is 211 Å². The molecular weight excluding hydrogens is 514 g/mol. The summed E-state index contributed by atoms with van der Waals surface area (Å²) in [5.41, 5.74) is 3.55. The maximum atomic E-state index is 12.8. The smallest absolute Gasteiger partial charge is 0.344 e. The summed E-state index contributed by atoms with van der Waals surface area (Å²) in [6.45, 7) is 3.53. The zero-order valence-corrected chi connectivity index (χ0v) is 21.1. The number of carbonyl (C=O) groups is 2. The summed E-state index contributed by atoms with van der Waals surface area (Å²) < 4.78 is 33.3. The number of hydrogen-bond donors (Lipinski definition) is 3. The molecule has 184 valence electrons. The average molecular weight is 536 g/mol. The number of nitrogens with zero attached hydrogens (tertiary/aromatic N) is 1. The van der Waals surface area contributed by atoms with Crippen molar-refractivity contribution in [3.05, 3.63) is 75.6 Å². The van der Waals surface area contributed by atoms with E-state index in [-0.39, 0.29) is 32.7 Å². The minimum Gasteiger partial charge on any atom is -0.479 e. The Morgan fingerprint density at radius 3 is 2.66 bits per heavy atom. The van der Waals surface area contributed by atoms with E-state index >= 15 is 0 Å². The number of para-hydroxylation sites is 1. The van der Waals surface area contributed by atoms with Crippen molar-refractivity contribution in [3.8, 4) is 5.75 Å². The summed E-state index contributed by atoms with van der Waals surface area (Å²) in [4.78, 5) is 24.2. The number of rotatable bonds is 10. The molecule has 1 heterocycles. The van der Waals surface area contributed by atoms with Gasteiger partial charge in [-0.25, -0.2) is 18.6 Å². The van der Waals surface area contributed by atoms with E-state index in [9.17, 15) is 23.1 Å². The van der Waals surface area contributed by atoms with Gasteiger partial charge in [0.1, 0.15) is 9.96 Å². The third-order valence-electron chi connectivity index (χ3n) is 4.71. The van der Waals surface area contributed by atoms with Crippen molar-refractivity contribution in [3.63, 3.8) is 0 Å². The van der Waals surface area contributed by atoms with Crippen LogP contribution in [0, 0.1) is 6.92 Å². The molecule has 2 aromatic carbocycles. The highest BCUT2D eigenvalue weighted by atomic mass is 35.5. The molecule has 1 unspecified atom stereocenters. The average Bonchev–Trinajstić information content (AvgIpc) is 3.35. The van der Waals surface area contributed by atoms with Crippen molar-refractivity contribution in [1.82, 2.24) is 5.43 Å². The molecule has 1 amide bonds. The van der Waals surface area contributed by atoms with Gasteiger partial charge in [0.25, 0.3) is 15.9 Å². The van der Waals surface area contributed by atoms with Gasteiger partial charge in [0, 0.05) is 5.56 Å². The van der Waals surface area contributed by atoms with Gasteiger partial charge in [-0.1, -0.05) is 42.3 Å². The normalized spacial score (nSPS) is 12.3. The lowest BCUT2D eigenvalue weighted by Crippen LogP contribution is -2.26. The summed E-state index contributed by atoms with van der Waals surface area (Å²) in [6, 6.07) is 12.5. The van der Waals surface area contributed by atoms with E-state index in [2.05, 4.69) is 15.2 Å². The first-order chi connectivity index (χ1) is 16.6. The van der Waals surface area contributed by atoms with Gasteiger partial charge in [-0.3, -0.25) is 9.52 Å². The lowest BCUT2D eigenvalue weighted by atomic mass is 10.1. The first-order valence-electron chi connectivity index (χ1n) is 10.3. The number of aryl methyl sites for hydroxylation is 1. The number of hydrogen-bond acceptors (Lipinski definition) is 7. The summed E-state index contributed by atoms with van der Waals surface area (Å²) >= 11 is 7.21. The van der Waals surface area contributed by atoms with E-state index in [0.717, 1.165) is 16.9 Å². The van der Waals surface area contributed by atoms with Crippen LogP contribution >= 0.6 is 22.9 Å². The fourth-order valence-electron chi connectivity index (χ4n) is 2.98. The van der Waals surface area contributed by atoms with Gasteiger partial charge in [-0.2, -0.15) is 5.10 Å². The molecule has 0 aliphatic carbocycles. The number of halogens is 1. The molecule has 0 aliphatic heterocycles. The predicted octanol–water partition coefficient (Wildman–Crippen LogP) is 4.52. The standard InChI is InChI=1S/C23H22ClN3O6S2/c1-3-18(23(29)30)33-19-10-9-14(2)12-15(19)13-25-26-22(28)16-6-4-7-17(24)21(16)27-35(31,32)20-8-5-11-34-20/h4-13,18,27H,3H2,1-2H3,(H,26,28)(H,29,30)/b25-13-. The molecule has 0 spiro atoms. The highest BCUT2D eigenvalue weighted by Gasteiger charge is 2.22. The van der Waals surface area contributed by atoms with Gasteiger partial charge >= 0.3 is 5.97 Å². The molecule has 0 fully saturated rings. The van der Waals surface area contributed by atoms with Gasteiger partial charge in [0.2, 0.25) is 0 Å². The fourth-order valence-corrected chi connectivity index (χ4v) is 5.35. The molecular formula is C23H22ClN3O6S2. The molecule has 0 saturated carbocycles. The van der Waals surface area contributed by atoms with Crippen LogP contribution < -0.4 is 14.9 Å². The largest absolute Gasteiger partial charge is 0.479 e. The monoisotopic (exact) mass is 535 g/mol. The Hall–Kier alpha value is -3.41. The second kappa shape index (κ2) is 11.3. The minimum absolute atomic E-state index is 0.0348. The van der Waals surface area contributed by atoms with Gasteiger partial charge in [-0.05, 0) is 49.1 Å². The minimum atomic E-state index is -3.94. The number of sulfonamides is 1. The van der Waals surface area contributed by atoms with Crippen molar-refractivity contribution < 1.29 is 27.9 Å². The van der Waals surface area contributed by atoms with Crippen LogP contribution in [0.15, 0.2) is 63.2 Å². The van der Waals surface area contributed by atoms with Crippen LogP contribution in [-0.2, 0) is 14.8 Å². The highest BCUT2D eigenvalue weighted by molar-refractivity contribution is 7.94. The topological polar surface area (TPSA) is 134 Å². The number of carboxylic acid groups (broad SMARTS) is 1. The molecule has 9 nitrogen and oxygen atoms in total. The number of anilines is 1. The first kappa shape index (κ1) is 26.2. The molecule has 1 atom stereocenters. The van der Waals surface area contributed by atoms with Crippen LogP contribution in [0.2, 0.25) is 5.02 Å². The number of benzene rings is 2. The van der Waals surface area contributed by atoms with Crippen LogP contribution in [0.3, 0.4) is 0 Å². The van der Waals surface area contributed by atoms with E-state index in [1.807, 2.05) is 6.92 Å². The van der Waals surface area contributed by atoms with Crippen LogP contribution in [0.25, 0.3) is 0 Å². The van der Waals surface area contributed by atoms with Gasteiger partial charge in [-0.15, -0.1) is 11.3 Å². The number of ether oxygens (including phenoxy) is 1. The summed E-state index contributed by atoms with van der Waals surface area (Å²) in [5, 5.41) is 14.9. The van der Waals surface area contributed by atoms with Gasteiger partial charge in [0.05, 0.1) is 22.5 Å². The third-order valence-corrected chi connectivity index (χ3v) is 7.77. The molecule has 0 aliphatic rings. The number of carbonyl (C=O) groups excluding carboxylic acids is 1. The van der Waals surface area contributed by atoms with Crippen LogP contribution in [0.1, 0.15) is 34.8 Å². The second-order valence-corrected chi connectivity index (χ2v) is 10.6. The molecule has 0 radical (unpaired) electrons. The van der Waals surface area contributed by atoms with Crippen LogP contribution in [0.4, 0.5) is 5.69 Å². The van der Waals surface area contributed by atoms with Crippen molar-refractivity contribution in [2.45, 2.75) is 30.6 Å². The van der Waals surface area contributed by atoms with E-state index in [1.54, 1.807) is 36.6 Å². The Balaban J connectivity index is 1.82. The zero-order valence-electron chi connectivity index (χ0n) is 18.7. The molecule has 35 heavy (non-hydrogen) atoms. The number of amides is 1. The SMILES string of the molecule is CCC(Oc1ccc(C)cc1/C=N\NC(=O)c1cccc(Cl)c1NS(=O)(=O)c1cccs1)C(=O)O. The van der Waals surface area contributed by atoms with Gasteiger partial charge in [0.15, 0.2) is 6.10 Å². The molecule has 3 aromatic rings. The van der Waals surface area contributed by atoms with Crippen LogP contribution in [-0.4, -0.2) is 37.7 Å². The Bertz CT molecular complexity index is 1360. The van der Waals surface area contributed by atoms with Crippen molar-refractivity contribution in [2.24, 2.45) is 5.10 Å². The summed E-state index contributed by atoms with van der Waals surface area (Å²) in [6.07, 6.45) is 0.537. The van der Waals surface area contributed by atoms with Crippen molar-refractivity contribution in [2.75, 3.05) is 4.72 Å². The highest BCUT2D eigenvalue weighted by Crippen LogP contribution is 2.29. The fraction of sp³-hybridized carbons (Fsp3) is 0.174. The van der Waals surface area contributed by atoms with Crippen LogP contribution in [0.5, 0.6) is 5.75 Å². The molecule has 3 rings (SSSR count).